The maximum Gasteiger partial charge on any atom is 0.254 e. The number of amides is 3. The van der Waals surface area contributed by atoms with Gasteiger partial charge < -0.3 is 29.5 Å². The van der Waals surface area contributed by atoms with Gasteiger partial charge in [-0.2, -0.15) is 10.5 Å². The molecule has 5 aliphatic rings. The highest BCUT2D eigenvalue weighted by Gasteiger charge is 2.54. The van der Waals surface area contributed by atoms with Gasteiger partial charge >= 0.3 is 0 Å². The first kappa shape index (κ1) is 32.5. The van der Waals surface area contributed by atoms with Gasteiger partial charge in [-0.3, -0.25) is 14.4 Å². The second-order valence-electron chi connectivity index (χ2n) is 13.9. The van der Waals surface area contributed by atoms with Crippen LogP contribution in [0.3, 0.4) is 0 Å². The predicted octanol–water partition coefficient (Wildman–Crippen LogP) is 1.07. The fourth-order valence-electron chi connectivity index (χ4n) is 8.47. The highest BCUT2D eigenvalue weighted by atomic mass is 16.5. The van der Waals surface area contributed by atoms with Gasteiger partial charge in [0.15, 0.2) is 5.82 Å². The minimum absolute atomic E-state index is 0.0305. The number of benzene rings is 2. The molecule has 0 bridgehead atoms. The predicted molar refractivity (Wildman–Crippen MR) is 178 cm³/mol. The summed E-state index contributed by atoms with van der Waals surface area (Å²) in [6.45, 7) is 4.81. The number of hydrogen-bond donors (Lipinski definition) is 2. The molecule has 14 nitrogen and oxygen atoms in total. The molecular formula is C36H41N9O5. The number of nitriles is 1. The van der Waals surface area contributed by atoms with Crippen LogP contribution in [0.4, 0.5) is 0 Å². The standard InChI is InChI=1S/C36H41N9O5/c37-21-28-19-27-20-31(27)45(28)32(46)22-38-8-7-36(35-39-41-42-40-35)29-5-3-25(33(47)43-9-13-49-14-10-43)17-23(29)1-2-24-18-26(4-6-30(24)36)34(48)44-11-15-50-16-12-44/h3-6,17-18,27-28,31,38H,1-2,7-16,19-20,22H2,(H,39,40,41,42)/t27-,28?,31+/m1/s1. The van der Waals surface area contributed by atoms with Crippen LogP contribution in [0.5, 0.6) is 0 Å². The molecule has 50 heavy (non-hydrogen) atoms. The highest BCUT2D eigenvalue weighted by Crippen LogP contribution is 2.48. The summed E-state index contributed by atoms with van der Waals surface area (Å²) >= 11 is 0. The number of ether oxygens (including phenoxy) is 2. The number of H-pyrrole nitrogens is 1. The van der Waals surface area contributed by atoms with E-state index in [0.29, 0.717) is 101 Å². The first-order chi connectivity index (χ1) is 24.5. The summed E-state index contributed by atoms with van der Waals surface area (Å²) in [5, 5.41) is 28.8. The van der Waals surface area contributed by atoms with Gasteiger partial charge in [-0.05, 0) is 91.1 Å². The van der Waals surface area contributed by atoms with Crippen molar-refractivity contribution in [2.45, 2.75) is 49.6 Å². The SMILES string of the molecule is N#CC1C[C@@H]2C[C@@H]2N1C(=O)CNCCC1(c2nn[nH]n2)c2ccc(C(=O)N3CCOCC3)cc2CCc2cc(C(=O)N3CCOCC3)ccc21. The van der Waals surface area contributed by atoms with Crippen molar-refractivity contribution < 1.29 is 23.9 Å². The number of nitrogens with zero attached hydrogens (tertiary/aromatic N) is 7. The molecule has 1 aromatic heterocycles. The molecule has 3 amide bonds. The Hall–Kier alpha value is -4.71. The van der Waals surface area contributed by atoms with E-state index >= 15 is 0 Å². The lowest BCUT2D eigenvalue weighted by Crippen LogP contribution is -2.44. The molecule has 3 aromatic rings. The number of morpholine rings is 2. The maximum atomic E-state index is 13.6. The molecule has 1 saturated carbocycles. The van der Waals surface area contributed by atoms with Gasteiger partial charge in [-0.25, -0.2) is 0 Å². The third-order valence-electron chi connectivity index (χ3n) is 11.1. The molecule has 4 heterocycles. The topological polar surface area (TPSA) is 170 Å². The summed E-state index contributed by atoms with van der Waals surface area (Å²) < 4.78 is 11.0. The summed E-state index contributed by atoms with van der Waals surface area (Å²) in [6, 6.07) is 13.9. The Morgan fingerprint density at radius 2 is 1.50 bits per heavy atom. The number of likely N-dealkylation sites (tertiary alicyclic amines) is 1. The molecule has 0 spiro atoms. The molecule has 8 rings (SSSR count). The van der Waals surface area contributed by atoms with E-state index in [2.05, 4.69) is 32.0 Å². The van der Waals surface area contributed by atoms with E-state index in [9.17, 15) is 19.6 Å². The minimum atomic E-state index is -0.907. The van der Waals surface area contributed by atoms with Crippen LogP contribution >= 0.6 is 0 Å². The highest BCUT2D eigenvalue weighted by molar-refractivity contribution is 5.95. The van der Waals surface area contributed by atoms with Gasteiger partial charge in [0.1, 0.15) is 6.04 Å². The number of fused-ring (bicyclic) bond motifs is 3. The molecule has 3 atom stereocenters. The normalized spacial score (nSPS) is 23.7. The van der Waals surface area contributed by atoms with Crippen molar-refractivity contribution >= 4 is 17.7 Å². The van der Waals surface area contributed by atoms with Crippen LogP contribution in [0.1, 0.15) is 68.1 Å². The molecule has 0 radical (unpaired) electrons. The minimum Gasteiger partial charge on any atom is -0.378 e. The van der Waals surface area contributed by atoms with Crippen molar-refractivity contribution in [2.75, 3.05) is 65.7 Å². The van der Waals surface area contributed by atoms with Gasteiger partial charge in [0.05, 0.1) is 44.5 Å². The van der Waals surface area contributed by atoms with Crippen molar-refractivity contribution in [1.82, 2.24) is 40.6 Å². The van der Waals surface area contributed by atoms with E-state index in [0.717, 1.165) is 35.1 Å². The van der Waals surface area contributed by atoms with Gasteiger partial charge in [0, 0.05) is 43.3 Å². The van der Waals surface area contributed by atoms with Crippen LogP contribution in [0.25, 0.3) is 0 Å². The third kappa shape index (κ3) is 5.82. The van der Waals surface area contributed by atoms with E-state index in [1.807, 2.05) is 46.2 Å². The number of aromatic nitrogens is 4. The first-order valence-corrected chi connectivity index (χ1v) is 17.6. The number of nitrogens with one attached hydrogen (secondary N) is 2. The number of piperidine rings is 1. The summed E-state index contributed by atoms with van der Waals surface area (Å²) in [4.78, 5) is 46.0. The Bertz CT molecular complexity index is 1730. The largest absolute Gasteiger partial charge is 0.378 e. The molecule has 1 unspecified atom stereocenters. The van der Waals surface area contributed by atoms with Crippen molar-refractivity contribution in [1.29, 1.82) is 5.26 Å². The van der Waals surface area contributed by atoms with Gasteiger partial charge in [-0.15, -0.1) is 10.2 Å². The Balaban J connectivity index is 1.15. The smallest absolute Gasteiger partial charge is 0.254 e. The molecule has 2 N–H and O–H groups in total. The van der Waals surface area contributed by atoms with Gasteiger partial charge in [0.25, 0.3) is 11.8 Å². The van der Waals surface area contributed by atoms with E-state index in [4.69, 9.17) is 9.47 Å². The lowest BCUT2D eigenvalue weighted by Gasteiger charge is -2.35. The van der Waals surface area contributed by atoms with Crippen molar-refractivity contribution in [3.05, 3.63) is 75.6 Å². The second-order valence-corrected chi connectivity index (χ2v) is 13.9. The van der Waals surface area contributed by atoms with Crippen LogP contribution in [0, 0.1) is 17.2 Å². The molecule has 3 saturated heterocycles. The quantitative estimate of drug-likeness (QED) is 0.329. The van der Waals surface area contributed by atoms with Crippen molar-refractivity contribution in [2.24, 2.45) is 5.92 Å². The summed E-state index contributed by atoms with van der Waals surface area (Å²) in [7, 11) is 0. The van der Waals surface area contributed by atoms with Crippen LogP contribution in [0.15, 0.2) is 36.4 Å². The van der Waals surface area contributed by atoms with Crippen LogP contribution in [-0.2, 0) is 32.5 Å². The zero-order chi connectivity index (χ0) is 34.2. The Labute approximate surface area is 290 Å². The van der Waals surface area contributed by atoms with Gasteiger partial charge in [-0.1, -0.05) is 17.3 Å². The fraction of sp³-hybridized carbons (Fsp3) is 0.528. The zero-order valence-electron chi connectivity index (χ0n) is 28.0. The Kier molecular flexibility index (Phi) is 8.80. The second kappa shape index (κ2) is 13.5. The number of rotatable bonds is 8. The van der Waals surface area contributed by atoms with E-state index in [1.54, 1.807) is 4.90 Å². The molecule has 260 valence electrons. The summed E-state index contributed by atoms with van der Waals surface area (Å²) in [5.41, 5.74) is 4.23. The fourth-order valence-corrected chi connectivity index (χ4v) is 8.47. The third-order valence-corrected chi connectivity index (χ3v) is 11.1. The molecule has 14 heteroatoms. The first-order valence-electron chi connectivity index (χ1n) is 17.6. The monoisotopic (exact) mass is 679 g/mol. The van der Waals surface area contributed by atoms with Crippen LogP contribution < -0.4 is 5.32 Å². The number of tetrazole rings is 1. The van der Waals surface area contributed by atoms with Crippen molar-refractivity contribution in [3.63, 3.8) is 0 Å². The molecular weight excluding hydrogens is 638 g/mol. The lowest BCUT2D eigenvalue weighted by molar-refractivity contribution is -0.131. The summed E-state index contributed by atoms with van der Waals surface area (Å²) in [6.07, 6.45) is 3.49. The van der Waals surface area contributed by atoms with E-state index < -0.39 is 5.41 Å². The van der Waals surface area contributed by atoms with E-state index in [-0.39, 0.29) is 36.3 Å². The number of hydrogen-bond acceptors (Lipinski definition) is 10. The van der Waals surface area contributed by atoms with Gasteiger partial charge in [0.2, 0.25) is 5.91 Å². The van der Waals surface area contributed by atoms with E-state index in [1.165, 1.54) is 0 Å². The zero-order valence-corrected chi connectivity index (χ0v) is 28.0. The molecule has 4 fully saturated rings. The number of carbonyl (C=O) groups is 3. The maximum absolute atomic E-state index is 13.6. The number of carbonyl (C=O) groups excluding carboxylic acids is 3. The number of aryl methyl sites for hydroxylation is 2. The van der Waals surface area contributed by atoms with Crippen LogP contribution in [-0.4, -0.2) is 131 Å². The Morgan fingerprint density at radius 1 is 0.900 bits per heavy atom. The van der Waals surface area contributed by atoms with Crippen molar-refractivity contribution in [3.8, 4) is 6.07 Å². The summed E-state index contributed by atoms with van der Waals surface area (Å²) in [5.74, 6) is 0.798. The lowest BCUT2D eigenvalue weighted by atomic mass is 9.69. The average Bonchev–Trinajstić information content (AvgIpc) is 3.54. The molecule has 2 aromatic carbocycles. The number of aromatic amines is 1. The van der Waals surface area contributed by atoms with Crippen LogP contribution in [0.2, 0.25) is 0 Å². The molecule has 2 aliphatic carbocycles. The average molecular weight is 680 g/mol. The molecule has 3 aliphatic heterocycles. The Morgan fingerprint density at radius 3 is 2.04 bits per heavy atom.